The lowest BCUT2D eigenvalue weighted by atomic mass is 10.1. The van der Waals surface area contributed by atoms with Crippen LogP contribution in [-0.2, 0) is 4.79 Å². The molecule has 0 saturated heterocycles. The van der Waals surface area contributed by atoms with Crippen molar-refractivity contribution in [2.24, 2.45) is 0 Å². The topological polar surface area (TPSA) is 69.6 Å². The Morgan fingerprint density at radius 3 is 2.55 bits per heavy atom. The maximum atomic E-state index is 11.9. The van der Waals surface area contributed by atoms with Gasteiger partial charge in [-0.25, -0.2) is 0 Å². The fraction of sp³-hybridized carbons (Fsp3) is 0.467. The van der Waals surface area contributed by atoms with Gasteiger partial charge in [-0.3, -0.25) is 9.59 Å². The van der Waals surface area contributed by atoms with Gasteiger partial charge in [0.15, 0.2) is 0 Å². The summed E-state index contributed by atoms with van der Waals surface area (Å²) in [6, 6.07) is 5.26. The number of carbonyl (C=O) groups is 2. The van der Waals surface area contributed by atoms with Crippen molar-refractivity contribution < 1.29 is 14.7 Å². The number of nitrogens with zero attached hydrogens (tertiary/aromatic N) is 1. The number of rotatable bonds is 6. The molecule has 5 heteroatoms. The lowest BCUT2D eigenvalue weighted by molar-refractivity contribution is -0.116. The van der Waals surface area contributed by atoms with Crippen LogP contribution in [0.2, 0.25) is 0 Å². The first-order chi connectivity index (χ1) is 9.45. The third-order valence-corrected chi connectivity index (χ3v) is 2.98. The number of nitrogens with one attached hydrogen (secondary N) is 1. The summed E-state index contributed by atoms with van der Waals surface area (Å²) >= 11 is 0. The van der Waals surface area contributed by atoms with Gasteiger partial charge in [-0.2, -0.15) is 0 Å². The van der Waals surface area contributed by atoms with Crippen LogP contribution < -0.4 is 5.32 Å². The summed E-state index contributed by atoms with van der Waals surface area (Å²) in [6.07, 6.45) is 1.63. The van der Waals surface area contributed by atoms with Crippen LogP contribution in [0.3, 0.4) is 0 Å². The molecule has 0 heterocycles. The van der Waals surface area contributed by atoms with E-state index < -0.39 is 0 Å². The molecule has 20 heavy (non-hydrogen) atoms. The van der Waals surface area contributed by atoms with Crippen molar-refractivity contribution in [2.75, 3.05) is 26.0 Å². The molecule has 2 N–H and O–H groups in total. The predicted octanol–water partition coefficient (Wildman–Crippen LogP) is 1.80. The van der Waals surface area contributed by atoms with Gasteiger partial charge in [0.2, 0.25) is 5.91 Å². The molecule has 5 nitrogen and oxygen atoms in total. The van der Waals surface area contributed by atoms with Crippen LogP contribution in [0.1, 0.15) is 35.2 Å². The number of hydrogen-bond donors (Lipinski definition) is 2. The van der Waals surface area contributed by atoms with Crippen LogP contribution in [-0.4, -0.2) is 42.5 Å². The minimum Gasteiger partial charge on any atom is -0.396 e. The van der Waals surface area contributed by atoms with Crippen molar-refractivity contribution in [2.45, 2.75) is 26.2 Å². The number of carbonyl (C=O) groups excluding carboxylic acids is 2. The molecule has 0 aliphatic carbocycles. The van der Waals surface area contributed by atoms with Crippen molar-refractivity contribution in [1.82, 2.24) is 4.90 Å². The summed E-state index contributed by atoms with van der Waals surface area (Å²) in [6.45, 7) is 1.98. The van der Waals surface area contributed by atoms with Crippen molar-refractivity contribution >= 4 is 17.5 Å². The Hall–Kier alpha value is -1.88. The zero-order valence-electron chi connectivity index (χ0n) is 12.3. The molecule has 0 saturated carbocycles. The van der Waals surface area contributed by atoms with Crippen molar-refractivity contribution in [3.8, 4) is 0 Å². The molecule has 1 aromatic rings. The average molecular weight is 278 g/mol. The van der Waals surface area contributed by atoms with Crippen LogP contribution in [0, 0.1) is 6.92 Å². The maximum Gasteiger partial charge on any atom is 0.253 e. The number of aliphatic hydroxyl groups excluding tert-OH is 1. The van der Waals surface area contributed by atoms with Gasteiger partial charge in [0.25, 0.3) is 5.91 Å². The van der Waals surface area contributed by atoms with E-state index in [-0.39, 0.29) is 18.4 Å². The van der Waals surface area contributed by atoms with Crippen molar-refractivity contribution in [3.05, 3.63) is 29.3 Å². The Labute approximate surface area is 119 Å². The standard InChI is InChI=1S/C15H22N2O3/c1-11-7-8-12(15(20)17(2)3)10-13(11)16-14(19)6-4-5-9-18/h7-8,10,18H,4-6,9H2,1-3H3,(H,16,19). The fourth-order valence-corrected chi connectivity index (χ4v) is 1.76. The third kappa shape index (κ3) is 4.66. The van der Waals surface area contributed by atoms with Crippen molar-refractivity contribution in [3.63, 3.8) is 0 Å². The number of anilines is 1. The smallest absolute Gasteiger partial charge is 0.253 e. The monoisotopic (exact) mass is 278 g/mol. The molecule has 2 amide bonds. The number of benzene rings is 1. The van der Waals surface area contributed by atoms with Gasteiger partial charge in [0.1, 0.15) is 0 Å². The molecular weight excluding hydrogens is 256 g/mol. The molecule has 0 bridgehead atoms. The van der Waals surface area contributed by atoms with Gasteiger partial charge in [-0.1, -0.05) is 6.07 Å². The molecule has 0 aliphatic heterocycles. The Bertz CT molecular complexity index is 484. The summed E-state index contributed by atoms with van der Waals surface area (Å²) in [4.78, 5) is 25.2. The molecule has 110 valence electrons. The zero-order chi connectivity index (χ0) is 15.1. The highest BCUT2D eigenvalue weighted by Crippen LogP contribution is 2.18. The highest BCUT2D eigenvalue weighted by molar-refractivity contribution is 5.97. The SMILES string of the molecule is Cc1ccc(C(=O)N(C)C)cc1NC(=O)CCCCO. The van der Waals surface area contributed by atoms with E-state index in [4.69, 9.17) is 5.11 Å². The summed E-state index contributed by atoms with van der Waals surface area (Å²) in [5.74, 6) is -0.197. The summed E-state index contributed by atoms with van der Waals surface area (Å²) in [5, 5.41) is 11.5. The minimum absolute atomic E-state index is 0.0964. The Balaban J connectivity index is 2.76. The molecule has 1 aromatic carbocycles. The first-order valence-electron chi connectivity index (χ1n) is 6.68. The van der Waals surface area contributed by atoms with Crippen LogP contribution in [0.5, 0.6) is 0 Å². The van der Waals surface area contributed by atoms with E-state index in [9.17, 15) is 9.59 Å². The second-order valence-corrected chi connectivity index (χ2v) is 4.96. The fourth-order valence-electron chi connectivity index (χ4n) is 1.76. The van der Waals surface area contributed by atoms with Gasteiger partial charge >= 0.3 is 0 Å². The maximum absolute atomic E-state index is 11.9. The first kappa shape index (κ1) is 16.2. The number of amides is 2. The highest BCUT2D eigenvalue weighted by atomic mass is 16.3. The summed E-state index contributed by atoms with van der Waals surface area (Å²) < 4.78 is 0. The molecule has 0 unspecified atom stereocenters. The van der Waals surface area contributed by atoms with E-state index in [1.165, 1.54) is 4.90 Å². The van der Waals surface area contributed by atoms with Gasteiger partial charge < -0.3 is 15.3 Å². The van der Waals surface area contributed by atoms with Gasteiger partial charge in [0, 0.05) is 38.4 Å². The van der Waals surface area contributed by atoms with Crippen molar-refractivity contribution in [1.29, 1.82) is 0 Å². The molecular formula is C15H22N2O3. The number of aryl methyl sites for hydroxylation is 1. The third-order valence-electron chi connectivity index (χ3n) is 2.98. The Morgan fingerprint density at radius 1 is 1.25 bits per heavy atom. The van der Waals surface area contributed by atoms with E-state index in [0.29, 0.717) is 30.5 Å². The number of hydrogen-bond acceptors (Lipinski definition) is 3. The van der Waals surface area contributed by atoms with E-state index in [1.54, 1.807) is 26.2 Å². The first-order valence-corrected chi connectivity index (χ1v) is 6.68. The van der Waals surface area contributed by atoms with Crippen LogP contribution in [0.25, 0.3) is 0 Å². The van der Waals surface area contributed by atoms with Gasteiger partial charge in [-0.15, -0.1) is 0 Å². The van der Waals surface area contributed by atoms with Crippen LogP contribution in [0.15, 0.2) is 18.2 Å². The normalized spacial score (nSPS) is 10.2. The lowest BCUT2D eigenvalue weighted by Crippen LogP contribution is -2.22. The minimum atomic E-state index is -0.101. The molecule has 1 rings (SSSR count). The molecule has 0 fully saturated rings. The van der Waals surface area contributed by atoms with Crippen LogP contribution >= 0.6 is 0 Å². The van der Waals surface area contributed by atoms with Gasteiger partial charge in [-0.05, 0) is 37.5 Å². The van der Waals surface area contributed by atoms with E-state index in [0.717, 1.165) is 5.56 Å². The predicted molar refractivity (Wildman–Crippen MR) is 78.8 cm³/mol. The Kier molecular flexibility index (Phi) is 6.18. The van der Waals surface area contributed by atoms with E-state index >= 15 is 0 Å². The highest BCUT2D eigenvalue weighted by Gasteiger charge is 2.11. The molecule has 0 atom stereocenters. The molecule has 0 aliphatic rings. The zero-order valence-corrected chi connectivity index (χ0v) is 12.3. The molecule has 0 radical (unpaired) electrons. The second-order valence-electron chi connectivity index (χ2n) is 4.96. The quantitative estimate of drug-likeness (QED) is 0.780. The van der Waals surface area contributed by atoms with E-state index in [2.05, 4.69) is 5.32 Å². The lowest BCUT2D eigenvalue weighted by Gasteiger charge is -2.13. The molecule has 0 spiro atoms. The Morgan fingerprint density at radius 2 is 1.95 bits per heavy atom. The summed E-state index contributed by atoms with van der Waals surface area (Å²) in [7, 11) is 3.38. The number of unbranched alkanes of at least 4 members (excludes halogenated alkanes) is 1. The largest absolute Gasteiger partial charge is 0.396 e. The number of aliphatic hydroxyl groups is 1. The average Bonchev–Trinajstić information content (AvgIpc) is 2.40. The summed E-state index contributed by atoms with van der Waals surface area (Å²) in [5.41, 5.74) is 2.12. The van der Waals surface area contributed by atoms with E-state index in [1.807, 2.05) is 13.0 Å². The molecule has 0 aromatic heterocycles. The van der Waals surface area contributed by atoms with Gasteiger partial charge in [0.05, 0.1) is 0 Å². The second kappa shape index (κ2) is 7.65. The van der Waals surface area contributed by atoms with Crippen LogP contribution in [0.4, 0.5) is 5.69 Å².